The van der Waals surface area contributed by atoms with Crippen LogP contribution in [0.15, 0.2) is 24.4 Å². The molecule has 30 heavy (non-hydrogen) atoms. The van der Waals surface area contributed by atoms with Gasteiger partial charge in [-0.15, -0.1) is 0 Å². The van der Waals surface area contributed by atoms with Crippen molar-refractivity contribution in [3.8, 4) is 5.75 Å². The lowest BCUT2D eigenvalue weighted by atomic mass is 9.86. The second-order valence-electron chi connectivity index (χ2n) is 7.47. The van der Waals surface area contributed by atoms with Gasteiger partial charge in [0.25, 0.3) is 5.91 Å². The Labute approximate surface area is 181 Å². The Bertz CT molecular complexity index is 887. The van der Waals surface area contributed by atoms with Crippen LogP contribution in [0.2, 0.25) is 5.02 Å². The van der Waals surface area contributed by atoms with Gasteiger partial charge in [0, 0.05) is 32.3 Å². The van der Waals surface area contributed by atoms with Gasteiger partial charge in [0.05, 0.1) is 19.0 Å². The summed E-state index contributed by atoms with van der Waals surface area (Å²) in [7, 11) is 3.28. The first-order valence-corrected chi connectivity index (χ1v) is 10.4. The van der Waals surface area contributed by atoms with Crippen LogP contribution in [0.1, 0.15) is 30.1 Å². The normalized spacial score (nSPS) is 15.6. The zero-order chi connectivity index (χ0) is 21.7. The number of methoxy groups -OCH3 is 1. The summed E-state index contributed by atoms with van der Waals surface area (Å²) in [6.45, 7) is 3.64. The van der Waals surface area contributed by atoms with E-state index in [0.29, 0.717) is 52.8 Å². The van der Waals surface area contributed by atoms with Gasteiger partial charge in [-0.05, 0) is 42.9 Å². The Kier molecular flexibility index (Phi) is 7.33. The number of benzene rings is 1. The van der Waals surface area contributed by atoms with E-state index < -0.39 is 0 Å². The third kappa shape index (κ3) is 4.94. The summed E-state index contributed by atoms with van der Waals surface area (Å²) in [5.41, 5.74) is 1.22. The second kappa shape index (κ2) is 9.95. The number of halogens is 1. The summed E-state index contributed by atoms with van der Waals surface area (Å²) < 4.78 is 5.48. The maximum absolute atomic E-state index is 13.0. The van der Waals surface area contributed by atoms with E-state index >= 15 is 0 Å². The summed E-state index contributed by atoms with van der Waals surface area (Å²) >= 11 is 6.03. The van der Waals surface area contributed by atoms with Crippen LogP contribution in [0, 0.1) is 11.8 Å². The molecule has 1 aromatic heterocycles. The number of hydrogen-bond donors (Lipinski definition) is 3. The van der Waals surface area contributed by atoms with Crippen LogP contribution < -0.4 is 15.4 Å². The lowest BCUT2D eigenvalue weighted by Gasteiger charge is -2.34. The van der Waals surface area contributed by atoms with Crippen molar-refractivity contribution in [2.24, 2.45) is 11.8 Å². The molecule has 1 aliphatic rings. The molecule has 2 aromatic rings. The standard InChI is InChI=1S/C21H28ClN5O3/c1-13(12-28)14-6-8-27(9-7-14)20(29)15-4-5-17(18(10-15)30-3)25-21-24-11-16(22)19(23-2)26-21/h4-5,10-11,13-14,28H,6-9,12H2,1-3H3,(H2,23,24,25,26). The zero-order valence-electron chi connectivity index (χ0n) is 17.5. The van der Waals surface area contributed by atoms with E-state index in [1.54, 1.807) is 32.4 Å². The smallest absolute Gasteiger partial charge is 0.253 e. The Balaban J connectivity index is 1.72. The van der Waals surface area contributed by atoms with Crippen molar-refractivity contribution >= 4 is 35.0 Å². The first-order valence-electron chi connectivity index (χ1n) is 10.0. The summed E-state index contributed by atoms with van der Waals surface area (Å²) in [6, 6.07) is 5.27. The SMILES string of the molecule is CNc1nc(Nc2ccc(C(=O)N3CCC(C(C)CO)CC3)cc2OC)ncc1Cl. The highest BCUT2D eigenvalue weighted by atomic mass is 35.5. The molecule has 0 bridgehead atoms. The summed E-state index contributed by atoms with van der Waals surface area (Å²) in [5, 5.41) is 15.8. The largest absolute Gasteiger partial charge is 0.495 e. The van der Waals surface area contributed by atoms with Crippen LogP contribution in [0.5, 0.6) is 5.75 Å². The van der Waals surface area contributed by atoms with Crippen molar-refractivity contribution in [3.63, 3.8) is 0 Å². The van der Waals surface area contributed by atoms with Gasteiger partial charge in [0.2, 0.25) is 5.95 Å². The molecular weight excluding hydrogens is 406 g/mol. The van der Waals surface area contributed by atoms with Crippen molar-refractivity contribution in [2.75, 3.05) is 44.5 Å². The number of ether oxygens (including phenoxy) is 1. The first kappa shape index (κ1) is 22.1. The minimum atomic E-state index is -0.0184. The molecule has 1 atom stereocenters. The number of piperidine rings is 1. The number of likely N-dealkylation sites (tertiary alicyclic amines) is 1. The molecular formula is C21H28ClN5O3. The Morgan fingerprint density at radius 2 is 2.13 bits per heavy atom. The molecule has 1 aliphatic heterocycles. The van der Waals surface area contributed by atoms with Crippen molar-refractivity contribution < 1.29 is 14.6 Å². The molecule has 1 fully saturated rings. The van der Waals surface area contributed by atoms with Gasteiger partial charge in [0.1, 0.15) is 16.6 Å². The highest BCUT2D eigenvalue weighted by molar-refractivity contribution is 6.32. The predicted molar refractivity (Wildman–Crippen MR) is 118 cm³/mol. The van der Waals surface area contributed by atoms with Gasteiger partial charge < -0.3 is 25.4 Å². The van der Waals surface area contributed by atoms with Crippen LogP contribution in [0.3, 0.4) is 0 Å². The number of nitrogens with one attached hydrogen (secondary N) is 2. The molecule has 1 aromatic carbocycles. The van der Waals surface area contributed by atoms with E-state index in [9.17, 15) is 9.90 Å². The van der Waals surface area contributed by atoms with Crippen LogP contribution in [-0.4, -0.2) is 59.7 Å². The van der Waals surface area contributed by atoms with E-state index in [4.69, 9.17) is 16.3 Å². The lowest BCUT2D eigenvalue weighted by molar-refractivity contribution is 0.0632. The summed E-state index contributed by atoms with van der Waals surface area (Å²) in [4.78, 5) is 23.3. The first-order chi connectivity index (χ1) is 14.5. The number of nitrogens with zero attached hydrogens (tertiary/aromatic N) is 3. The molecule has 0 saturated carbocycles. The predicted octanol–water partition coefficient (Wildman–Crippen LogP) is 3.40. The molecule has 1 saturated heterocycles. The van der Waals surface area contributed by atoms with Crippen molar-refractivity contribution in [1.29, 1.82) is 0 Å². The summed E-state index contributed by atoms with van der Waals surface area (Å²) in [6.07, 6.45) is 3.33. The number of aromatic nitrogens is 2. The fourth-order valence-electron chi connectivity index (χ4n) is 3.65. The number of rotatable bonds is 7. The monoisotopic (exact) mass is 433 g/mol. The van der Waals surface area contributed by atoms with E-state index in [1.807, 2.05) is 4.90 Å². The molecule has 0 spiro atoms. The zero-order valence-corrected chi connectivity index (χ0v) is 18.2. The van der Waals surface area contributed by atoms with Gasteiger partial charge in [-0.25, -0.2) is 4.98 Å². The number of amides is 1. The Hall–Kier alpha value is -2.58. The van der Waals surface area contributed by atoms with Gasteiger partial charge >= 0.3 is 0 Å². The highest BCUT2D eigenvalue weighted by Crippen LogP contribution is 2.30. The molecule has 2 heterocycles. The topological polar surface area (TPSA) is 99.6 Å². The number of aliphatic hydroxyl groups excluding tert-OH is 1. The van der Waals surface area contributed by atoms with Gasteiger partial charge in [-0.3, -0.25) is 4.79 Å². The molecule has 9 heteroatoms. The van der Waals surface area contributed by atoms with E-state index in [2.05, 4.69) is 27.5 Å². The fourth-order valence-corrected chi connectivity index (χ4v) is 3.84. The third-order valence-electron chi connectivity index (χ3n) is 5.60. The average Bonchev–Trinajstić information content (AvgIpc) is 2.79. The maximum atomic E-state index is 13.0. The molecule has 162 valence electrons. The van der Waals surface area contributed by atoms with Crippen molar-refractivity contribution in [1.82, 2.24) is 14.9 Å². The number of anilines is 3. The fraction of sp³-hybridized carbons (Fsp3) is 0.476. The molecule has 3 N–H and O–H groups in total. The van der Waals surface area contributed by atoms with Gasteiger partial charge in [-0.2, -0.15) is 4.98 Å². The molecule has 3 rings (SSSR count). The molecule has 1 amide bonds. The van der Waals surface area contributed by atoms with Crippen LogP contribution in [-0.2, 0) is 0 Å². The molecule has 8 nitrogen and oxygen atoms in total. The molecule has 0 aliphatic carbocycles. The average molecular weight is 434 g/mol. The second-order valence-corrected chi connectivity index (χ2v) is 7.88. The van der Waals surface area contributed by atoms with Crippen LogP contribution in [0.4, 0.5) is 17.5 Å². The van der Waals surface area contributed by atoms with Crippen molar-refractivity contribution in [2.45, 2.75) is 19.8 Å². The number of hydrogen-bond acceptors (Lipinski definition) is 7. The van der Waals surface area contributed by atoms with E-state index in [-0.39, 0.29) is 18.4 Å². The number of carbonyl (C=O) groups excluding carboxylic acids is 1. The van der Waals surface area contributed by atoms with Crippen LogP contribution in [0.25, 0.3) is 0 Å². The molecule has 0 radical (unpaired) electrons. The lowest BCUT2D eigenvalue weighted by Crippen LogP contribution is -2.40. The Morgan fingerprint density at radius 3 is 2.77 bits per heavy atom. The van der Waals surface area contributed by atoms with Crippen LogP contribution >= 0.6 is 11.6 Å². The third-order valence-corrected chi connectivity index (χ3v) is 5.87. The van der Waals surface area contributed by atoms with Crippen molar-refractivity contribution in [3.05, 3.63) is 35.0 Å². The maximum Gasteiger partial charge on any atom is 0.253 e. The minimum absolute atomic E-state index is 0.0184. The van der Waals surface area contributed by atoms with E-state index in [1.165, 1.54) is 6.20 Å². The van der Waals surface area contributed by atoms with Gasteiger partial charge in [-0.1, -0.05) is 18.5 Å². The number of aliphatic hydroxyl groups is 1. The van der Waals surface area contributed by atoms with Gasteiger partial charge in [0.15, 0.2) is 0 Å². The highest BCUT2D eigenvalue weighted by Gasteiger charge is 2.27. The van der Waals surface area contributed by atoms with E-state index in [0.717, 1.165) is 12.8 Å². The minimum Gasteiger partial charge on any atom is -0.495 e. The summed E-state index contributed by atoms with van der Waals surface area (Å²) in [5.74, 6) is 2.11. The quantitative estimate of drug-likeness (QED) is 0.615. The Morgan fingerprint density at radius 1 is 1.40 bits per heavy atom. The number of carbonyl (C=O) groups is 1. The molecule has 1 unspecified atom stereocenters.